The van der Waals surface area contributed by atoms with E-state index in [1.807, 2.05) is 19.9 Å². The van der Waals surface area contributed by atoms with Crippen LogP contribution in [0.1, 0.15) is 43.6 Å². The number of benzene rings is 1. The number of hydrogen-bond donors (Lipinski definition) is 4. The van der Waals surface area contributed by atoms with E-state index in [1.54, 1.807) is 0 Å². The molecule has 0 radical (unpaired) electrons. The minimum Gasteiger partial charge on any atom is -0.406 e. The van der Waals surface area contributed by atoms with Gasteiger partial charge in [0.2, 0.25) is 11.8 Å². The lowest BCUT2D eigenvalue weighted by Gasteiger charge is -2.22. The summed E-state index contributed by atoms with van der Waals surface area (Å²) in [4.78, 5) is 40.4. The average molecular weight is 493 g/mol. The molecule has 0 aliphatic carbocycles. The number of carbonyl (C=O) groups excluding carboxylic acids is 3. The standard InChI is InChI=1S/C23H26F3N5O4/c1-12(2)7-18(21(33)29-15(11-27)8-13-5-6-28-20(13)32)31-22(34)19-10-14-9-16(35-23(24,25)26)3-4-17(14)30-19/h3-4,9-10,12-13,15,18,30H,5-8H2,1-2H3,(H,28,32)(H,29,33)(H,31,34)/t13-,15-,18-/m0/s1. The number of ether oxygens (including phenoxy) is 1. The first-order valence-electron chi connectivity index (χ1n) is 11.1. The number of H-pyrrole nitrogens is 1. The number of nitrogens with one attached hydrogen (secondary N) is 4. The van der Waals surface area contributed by atoms with Crippen LogP contribution in [0.5, 0.6) is 5.75 Å². The number of fused-ring (bicyclic) bond motifs is 1. The van der Waals surface area contributed by atoms with Gasteiger partial charge in [-0.1, -0.05) is 13.8 Å². The monoisotopic (exact) mass is 493 g/mol. The van der Waals surface area contributed by atoms with Crippen molar-refractivity contribution in [1.29, 1.82) is 5.26 Å². The van der Waals surface area contributed by atoms with E-state index in [9.17, 15) is 32.8 Å². The van der Waals surface area contributed by atoms with Crippen molar-refractivity contribution in [3.63, 3.8) is 0 Å². The number of amides is 3. The molecule has 3 rings (SSSR count). The fourth-order valence-corrected chi connectivity index (χ4v) is 3.94. The number of alkyl halides is 3. The van der Waals surface area contributed by atoms with E-state index in [4.69, 9.17) is 0 Å². The van der Waals surface area contributed by atoms with Crippen molar-refractivity contribution < 1.29 is 32.3 Å². The van der Waals surface area contributed by atoms with Crippen molar-refractivity contribution in [2.45, 2.75) is 51.6 Å². The summed E-state index contributed by atoms with van der Waals surface area (Å²) < 4.78 is 41.3. The van der Waals surface area contributed by atoms with E-state index in [1.165, 1.54) is 12.1 Å². The van der Waals surface area contributed by atoms with Crippen molar-refractivity contribution in [1.82, 2.24) is 20.9 Å². The number of carbonyl (C=O) groups is 3. The topological polar surface area (TPSA) is 136 Å². The van der Waals surface area contributed by atoms with Crippen molar-refractivity contribution in [2.75, 3.05) is 6.54 Å². The molecule has 0 unspecified atom stereocenters. The van der Waals surface area contributed by atoms with Crippen LogP contribution in [0.15, 0.2) is 24.3 Å². The highest BCUT2D eigenvalue weighted by Gasteiger charge is 2.32. The Morgan fingerprint density at radius 2 is 2.00 bits per heavy atom. The first kappa shape index (κ1) is 25.9. The van der Waals surface area contributed by atoms with Gasteiger partial charge in [0.1, 0.15) is 23.5 Å². The van der Waals surface area contributed by atoms with Gasteiger partial charge in [-0.15, -0.1) is 13.2 Å². The third-order valence-corrected chi connectivity index (χ3v) is 5.55. The molecule has 188 valence electrons. The quantitative estimate of drug-likeness (QED) is 0.426. The van der Waals surface area contributed by atoms with Crippen molar-refractivity contribution >= 4 is 28.6 Å². The molecule has 1 fully saturated rings. The van der Waals surface area contributed by atoms with Gasteiger partial charge in [-0.25, -0.2) is 0 Å². The molecule has 1 aromatic heterocycles. The predicted octanol–water partition coefficient (Wildman–Crippen LogP) is 2.75. The third-order valence-electron chi connectivity index (χ3n) is 5.55. The zero-order valence-corrected chi connectivity index (χ0v) is 19.2. The van der Waals surface area contributed by atoms with E-state index in [0.29, 0.717) is 23.9 Å². The van der Waals surface area contributed by atoms with Crippen LogP contribution >= 0.6 is 0 Å². The Hall–Kier alpha value is -3.75. The first-order chi connectivity index (χ1) is 16.4. The van der Waals surface area contributed by atoms with Gasteiger partial charge in [0.15, 0.2) is 0 Å². The van der Waals surface area contributed by atoms with Crippen molar-refractivity contribution in [2.24, 2.45) is 11.8 Å². The molecule has 1 saturated heterocycles. The van der Waals surface area contributed by atoms with E-state index < -0.39 is 36.0 Å². The van der Waals surface area contributed by atoms with Gasteiger partial charge in [-0.05, 0) is 49.4 Å². The Morgan fingerprint density at radius 1 is 1.26 bits per heavy atom. The van der Waals surface area contributed by atoms with Crippen LogP contribution in [0.4, 0.5) is 13.2 Å². The first-order valence-corrected chi connectivity index (χ1v) is 11.1. The lowest BCUT2D eigenvalue weighted by atomic mass is 9.98. The number of aromatic amines is 1. The second kappa shape index (κ2) is 10.7. The minimum atomic E-state index is -4.84. The Bertz CT molecular complexity index is 1140. The molecule has 0 saturated carbocycles. The second-order valence-corrected chi connectivity index (χ2v) is 8.84. The molecule has 9 nitrogen and oxygen atoms in total. The molecule has 1 aliphatic rings. The van der Waals surface area contributed by atoms with Crippen LogP contribution in [0, 0.1) is 23.2 Å². The van der Waals surface area contributed by atoms with Gasteiger partial charge in [0.05, 0.1) is 6.07 Å². The lowest BCUT2D eigenvalue weighted by Crippen LogP contribution is -2.50. The molecule has 3 atom stereocenters. The van der Waals surface area contributed by atoms with E-state index in [2.05, 4.69) is 25.7 Å². The van der Waals surface area contributed by atoms with E-state index >= 15 is 0 Å². The largest absolute Gasteiger partial charge is 0.573 e. The molecule has 35 heavy (non-hydrogen) atoms. The maximum Gasteiger partial charge on any atom is 0.573 e. The van der Waals surface area contributed by atoms with Crippen LogP contribution in [0.25, 0.3) is 10.9 Å². The highest BCUT2D eigenvalue weighted by molar-refractivity contribution is 6.00. The van der Waals surface area contributed by atoms with Crippen LogP contribution in [-0.2, 0) is 9.59 Å². The SMILES string of the molecule is CC(C)C[C@H](NC(=O)c1cc2cc(OC(F)(F)F)ccc2[nH]1)C(=O)N[C@H](C#N)C[C@@H]1CCNC1=O. The third kappa shape index (κ3) is 7.11. The maximum atomic E-state index is 12.9. The van der Waals surface area contributed by atoms with Gasteiger partial charge in [-0.3, -0.25) is 14.4 Å². The lowest BCUT2D eigenvalue weighted by molar-refractivity contribution is -0.274. The smallest absolute Gasteiger partial charge is 0.406 e. The second-order valence-electron chi connectivity index (χ2n) is 8.84. The molecule has 0 spiro atoms. The van der Waals surface area contributed by atoms with Crippen molar-refractivity contribution in [3.05, 3.63) is 30.0 Å². The fraction of sp³-hybridized carbons (Fsp3) is 0.478. The number of rotatable bonds is 9. The molecule has 2 heterocycles. The molecule has 1 aromatic carbocycles. The van der Waals surface area contributed by atoms with Gasteiger partial charge in [-0.2, -0.15) is 5.26 Å². The zero-order valence-electron chi connectivity index (χ0n) is 19.2. The van der Waals surface area contributed by atoms with Gasteiger partial charge >= 0.3 is 6.36 Å². The van der Waals surface area contributed by atoms with E-state index in [-0.39, 0.29) is 36.3 Å². The summed E-state index contributed by atoms with van der Waals surface area (Å²) in [7, 11) is 0. The van der Waals surface area contributed by atoms with Crippen molar-refractivity contribution in [3.8, 4) is 11.8 Å². The molecule has 0 bridgehead atoms. The van der Waals surface area contributed by atoms with Crippen LogP contribution in [0.2, 0.25) is 0 Å². The van der Waals surface area contributed by atoms with E-state index in [0.717, 1.165) is 12.1 Å². The summed E-state index contributed by atoms with van der Waals surface area (Å²) in [5.74, 6) is -2.12. The normalized spacial score (nSPS) is 17.5. The molecule has 3 amide bonds. The molecule has 12 heteroatoms. The van der Waals surface area contributed by atoms with Gasteiger partial charge < -0.3 is 25.7 Å². The number of hydrogen-bond acceptors (Lipinski definition) is 5. The molecule has 2 aromatic rings. The molecule has 1 aliphatic heterocycles. The average Bonchev–Trinajstić information content (AvgIpc) is 3.36. The Morgan fingerprint density at radius 3 is 2.60 bits per heavy atom. The summed E-state index contributed by atoms with van der Waals surface area (Å²) in [6, 6.07) is 5.09. The zero-order chi connectivity index (χ0) is 25.8. The summed E-state index contributed by atoms with van der Waals surface area (Å²) in [5.41, 5.74) is 0.457. The Labute approximate surface area is 199 Å². The number of aromatic nitrogens is 1. The highest BCUT2D eigenvalue weighted by atomic mass is 19.4. The van der Waals surface area contributed by atoms with Crippen LogP contribution < -0.4 is 20.7 Å². The molecular formula is C23H26F3N5O4. The Kier molecular flexibility index (Phi) is 7.89. The summed E-state index contributed by atoms with van der Waals surface area (Å²) in [6.07, 6.45) is -3.82. The number of nitrogens with zero attached hydrogens (tertiary/aromatic N) is 1. The number of nitriles is 1. The molecule has 4 N–H and O–H groups in total. The summed E-state index contributed by atoms with van der Waals surface area (Å²) in [6.45, 7) is 4.25. The summed E-state index contributed by atoms with van der Waals surface area (Å²) in [5, 5.41) is 17.7. The fourth-order valence-electron chi connectivity index (χ4n) is 3.94. The van der Waals surface area contributed by atoms with Gasteiger partial charge in [0, 0.05) is 23.4 Å². The van der Waals surface area contributed by atoms with Crippen LogP contribution in [-0.4, -0.2) is 47.7 Å². The maximum absolute atomic E-state index is 12.9. The summed E-state index contributed by atoms with van der Waals surface area (Å²) >= 11 is 0. The number of halogens is 3. The minimum absolute atomic E-state index is 0.0250. The van der Waals surface area contributed by atoms with Crippen LogP contribution in [0.3, 0.4) is 0 Å². The predicted molar refractivity (Wildman–Crippen MR) is 119 cm³/mol. The molecular weight excluding hydrogens is 467 g/mol. The van der Waals surface area contributed by atoms with Gasteiger partial charge in [0.25, 0.3) is 5.91 Å². The Balaban J connectivity index is 1.70. The highest BCUT2D eigenvalue weighted by Crippen LogP contribution is 2.27.